The van der Waals surface area contributed by atoms with Gasteiger partial charge in [0.05, 0.1) is 6.20 Å². The van der Waals surface area contributed by atoms with E-state index in [1.165, 1.54) is 11.1 Å². The molecule has 0 spiro atoms. The number of rotatable bonds is 6. The van der Waals surface area contributed by atoms with Crippen LogP contribution in [0.15, 0.2) is 30.5 Å². The van der Waals surface area contributed by atoms with Crippen molar-refractivity contribution in [3.63, 3.8) is 0 Å². The Kier molecular flexibility index (Phi) is 5.18. The molecule has 4 nitrogen and oxygen atoms in total. The van der Waals surface area contributed by atoms with E-state index >= 15 is 0 Å². The van der Waals surface area contributed by atoms with Gasteiger partial charge in [0.1, 0.15) is 10.8 Å². The first kappa shape index (κ1) is 14.6. The summed E-state index contributed by atoms with van der Waals surface area (Å²) in [4.78, 5) is 8.46. The van der Waals surface area contributed by atoms with Crippen molar-refractivity contribution in [2.75, 3.05) is 23.7 Å². The summed E-state index contributed by atoms with van der Waals surface area (Å²) in [6.07, 6.45) is 2.54. The van der Waals surface area contributed by atoms with Crippen molar-refractivity contribution in [1.29, 1.82) is 0 Å². The van der Waals surface area contributed by atoms with Gasteiger partial charge in [-0.15, -0.1) is 0 Å². The molecule has 1 heterocycles. The molecule has 0 radical (unpaired) electrons. The zero-order valence-corrected chi connectivity index (χ0v) is 12.5. The van der Waals surface area contributed by atoms with E-state index in [4.69, 9.17) is 11.6 Å². The molecule has 1 aromatic carbocycles. The molecule has 0 fully saturated rings. The minimum absolute atomic E-state index is 0.538. The second-order valence-corrected chi connectivity index (χ2v) is 4.99. The number of anilines is 2. The zero-order valence-electron chi connectivity index (χ0n) is 11.8. The maximum absolute atomic E-state index is 6.09. The van der Waals surface area contributed by atoms with Crippen LogP contribution < -0.4 is 10.6 Å². The molecule has 0 unspecified atom stereocenters. The van der Waals surface area contributed by atoms with E-state index in [0.29, 0.717) is 16.8 Å². The SMILES string of the molecule is CCNc1ncc(Cl)c(NCCc2cccc(C)c2)n1. The fourth-order valence-electron chi connectivity index (χ4n) is 1.93. The lowest BCUT2D eigenvalue weighted by Crippen LogP contribution is -2.09. The highest BCUT2D eigenvalue weighted by molar-refractivity contribution is 6.32. The van der Waals surface area contributed by atoms with Crippen LogP contribution in [-0.4, -0.2) is 23.1 Å². The molecule has 106 valence electrons. The summed E-state index contributed by atoms with van der Waals surface area (Å²) in [5, 5.41) is 6.86. The first-order valence-electron chi connectivity index (χ1n) is 6.75. The number of benzene rings is 1. The molecule has 2 aromatic rings. The molecule has 1 aromatic heterocycles. The average molecular weight is 291 g/mol. The first-order chi connectivity index (χ1) is 9.69. The number of hydrogen-bond donors (Lipinski definition) is 2. The Morgan fingerprint density at radius 1 is 1.25 bits per heavy atom. The monoisotopic (exact) mass is 290 g/mol. The van der Waals surface area contributed by atoms with Crippen molar-refractivity contribution in [2.45, 2.75) is 20.3 Å². The zero-order chi connectivity index (χ0) is 14.4. The summed E-state index contributed by atoms with van der Waals surface area (Å²) in [6.45, 7) is 5.67. The van der Waals surface area contributed by atoms with Crippen molar-refractivity contribution in [3.05, 3.63) is 46.6 Å². The minimum Gasteiger partial charge on any atom is -0.368 e. The maximum Gasteiger partial charge on any atom is 0.224 e. The van der Waals surface area contributed by atoms with Gasteiger partial charge in [0, 0.05) is 13.1 Å². The normalized spacial score (nSPS) is 10.3. The lowest BCUT2D eigenvalue weighted by atomic mass is 10.1. The van der Waals surface area contributed by atoms with E-state index in [1.54, 1.807) is 6.20 Å². The lowest BCUT2D eigenvalue weighted by Gasteiger charge is -2.09. The van der Waals surface area contributed by atoms with E-state index in [9.17, 15) is 0 Å². The largest absolute Gasteiger partial charge is 0.368 e. The van der Waals surface area contributed by atoms with Crippen LogP contribution in [0.25, 0.3) is 0 Å². The summed E-state index contributed by atoms with van der Waals surface area (Å²) in [5.41, 5.74) is 2.58. The molecule has 0 amide bonds. The van der Waals surface area contributed by atoms with Gasteiger partial charge in [-0.2, -0.15) is 4.98 Å². The molecular weight excluding hydrogens is 272 g/mol. The van der Waals surface area contributed by atoms with Crippen molar-refractivity contribution in [3.8, 4) is 0 Å². The van der Waals surface area contributed by atoms with Crippen LogP contribution in [0.3, 0.4) is 0 Å². The molecule has 0 saturated carbocycles. The molecular formula is C15H19ClN4. The van der Waals surface area contributed by atoms with Crippen LogP contribution in [0.2, 0.25) is 5.02 Å². The number of hydrogen-bond acceptors (Lipinski definition) is 4. The van der Waals surface area contributed by atoms with Gasteiger partial charge in [-0.25, -0.2) is 4.98 Å². The average Bonchev–Trinajstić information content (AvgIpc) is 2.43. The molecule has 20 heavy (non-hydrogen) atoms. The second kappa shape index (κ2) is 7.10. The fourth-order valence-corrected chi connectivity index (χ4v) is 2.09. The van der Waals surface area contributed by atoms with Crippen molar-refractivity contribution in [2.24, 2.45) is 0 Å². The van der Waals surface area contributed by atoms with E-state index < -0.39 is 0 Å². The quantitative estimate of drug-likeness (QED) is 0.854. The molecule has 2 N–H and O–H groups in total. The third kappa shape index (κ3) is 4.10. The van der Waals surface area contributed by atoms with Crippen LogP contribution in [0.1, 0.15) is 18.1 Å². The highest BCUT2D eigenvalue weighted by atomic mass is 35.5. The van der Waals surface area contributed by atoms with Crippen LogP contribution in [0.4, 0.5) is 11.8 Å². The van der Waals surface area contributed by atoms with Gasteiger partial charge in [-0.3, -0.25) is 0 Å². The molecule has 0 saturated heterocycles. The summed E-state index contributed by atoms with van der Waals surface area (Å²) < 4.78 is 0. The summed E-state index contributed by atoms with van der Waals surface area (Å²) in [5.74, 6) is 1.26. The van der Waals surface area contributed by atoms with Crippen molar-refractivity contribution in [1.82, 2.24) is 9.97 Å². The van der Waals surface area contributed by atoms with Gasteiger partial charge >= 0.3 is 0 Å². The molecule has 0 atom stereocenters. The number of aromatic nitrogens is 2. The van der Waals surface area contributed by atoms with E-state index in [-0.39, 0.29) is 0 Å². The Bertz CT molecular complexity index is 572. The van der Waals surface area contributed by atoms with Crippen LogP contribution in [0.5, 0.6) is 0 Å². The van der Waals surface area contributed by atoms with E-state index in [0.717, 1.165) is 19.5 Å². The number of nitrogens with zero attached hydrogens (tertiary/aromatic N) is 2. The lowest BCUT2D eigenvalue weighted by molar-refractivity contribution is 0.993. The molecule has 5 heteroatoms. The smallest absolute Gasteiger partial charge is 0.224 e. The van der Waals surface area contributed by atoms with Gasteiger partial charge in [-0.1, -0.05) is 41.4 Å². The van der Waals surface area contributed by atoms with Crippen LogP contribution in [0, 0.1) is 6.92 Å². The van der Waals surface area contributed by atoms with Crippen molar-refractivity contribution >= 4 is 23.4 Å². The molecule has 0 bridgehead atoms. The number of aryl methyl sites for hydroxylation is 1. The Hall–Kier alpha value is -1.81. The van der Waals surface area contributed by atoms with Gasteiger partial charge in [0.25, 0.3) is 0 Å². The predicted octanol–water partition coefficient (Wildman–Crippen LogP) is 3.52. The predicted molar refractivity (Wildman–Crippen MR) is 84.6 cm³/mol. The van der Waals surface area contributed by atoms with Crippen LogP contribution in [-0.2, 0) is 6.42 Å². The van der Waals surface area contributed by atoms with E-state index in [1.807, 2.05) is 6.92 Å². The summed E-state index contributed by atoms with van der Waals surface area (Å²) >= 11 is 6.09. The Morgan fingerprint density at radius 3 is 2.85 bits per heavy atom. The Balaban J connectivity index is 1.95. The highest BCUT2D eigenvalue weighted by Gasteiger charge is 2.04. The standard InChI is InChI=1S/C15H19ClN4/c1-3-17-15-19-10-13(16)14(20-15)18-8-7-12-6-4-5-11(2)9-12/h4-6,9-10H,3,7-8H2,1-2H3,(H2,17,18,19,20). The molecule has 0 aliphatic heterocycles. The van der Waals surface area contributed by atoms with Gasteiger partial charge in [0.2, 0.25) is 5.95 Å². The first-order valence-corrected chi connectivity index (χ1v) is 7.12. The summed E-state index contributed by atoms with van der Waals surface area (Å²) in [6, 6.07) is 8.49. The minimum atomic E-state index is 0.538. The van der Waals surface area contributed by atoms with Crippen molar-refractivity contribution < 1.29 is 0 Å². The highest BCUT2D eigenvalue weighted by Crippen LogP contribution is 2.19. The summed E-state index contributed by atoms with van der Waals surface area (Å²) in [7, 11) is 0. The van der Waals surface area contributed by atoms with E-state index in [2.05, 4.69) is 51.8 Å². The van der Waals surface area contributed by atoms with Gasteiger partial charge < -0.3 is 10.6 Å². The van der Waals surface area contributed by atoms with Crippen LogP contribution >= 0.6 is 11.6 Å². The number of halogens is 1. The van der Waals surface area contributed by atoms with Gasteiger partial charge in [-0.05, 0) is 25.8 Å². The maximum atomic E-state index is 6.09. The molecule has 0 aliphatic carbocycles. The second-order valence-electron chi connectivity index (χ2n) is 4.59. The Labute approximate surface area is 124 Å². The molecule has 2 rings (SSSR count). The third-order valence-electron chi connectivity index (χ3n) is 2.87. The topological polar surface area (TPSA) is 49.8 Å². The fraction of sp³-hybridized carbons (Fsp3) is 0.333. The van der Waals surface area contributed by atoms with Gasteiger partial charge in [0.15, 0.2) is 0 Å². The molecule has 0 aliphatic rings. The number of nitrogens with one attached hydrogen (secondary N) is 2. The Morgan fingerprint density at radius 2 is 2.10 bits per heavy atom. The third-order valence-corrected chi connectivity index (χ3v) is 3.14.